The zero-order chi connectivity index (χ0) is 24.5. The molecule has 2 aromatic carbocycles. The fraction of sp³-hybridized carbons (Fsp3) is 0.483. The monoisotopic (exact) mass is 493 g/mol. The van der Waals surface area contributed by atoms with Gasteiger partial charge in [0.1, 0.15) is 0 Å². The van der Waals surface area contributed by atoms with Crippen LogP contribution in [0.25, 0.3) is 22.2 Å². The zero-order valence-electron chi connectivity index (χ0n) is 21.1. The molecule has 1 aliphatic heterocycles. The topological polar surface area (TPSA) is 37.7 Å². The molecule has 0 spiro atoms. The van der Waals surface area contributed by atoms with Gasteiger partial charge in [-0.1, -0.05) is 43.0 Å². The van der Waals surface area contributed by atoms with Crippen LogP contribution in [-0.2, 0) is 17.8 Å². The molecule has 35 heavy (non-hydrogen) atoms. The van der Waals surface area contributed by atoms with Crippen molar-refractivity contribution in [2.24, 2.45) is 0 Å². The SMILES string of the molecule is COC(=O)c1ccc2c(C3CCCCC3)c3n(c2c1)CCN(CCN(C)C)Cc1cc(Cl)ccc1-3. The van der Waals surface area contributed by atoms with Crippen molar-refractivity contribution in [3.8, 4) is 11.3 Å². The summed E-state index contributed by atoms with van der Waals surface area (Å²) in [4.78, 5) is 17.2. The molecule has 5 nitrogen and oxygen atoms in total. The number of methoxy groups -OCH3 is 1. The molecule has 0 unspecified atom stereocenters. The number of aromatic nitrogens is 1. The summed E-state index contributed by atoms with van der Waals surface area (Å²) in [7, 11) is 5.69. The van der Waals surface area contributed by atoms with Crippen LogP contribution >= 0.6 is 11.6 Å². The largest absolute Gasteiger partial charge is 0.465 e. The third-order valence-electron chi connectivity index (χ3n) is 7.76. The van der Waals surface area contributed by atoms with Gasteiger partial charge in [0.15, 0.2) is 0 Å². The van der Waals surface area contributed by atoms with E-state index in [9.17, 15) is 4.79 Å². The van der Waals surface area contributed by atoms with E-state index in [0.717, 1.165) is 43.3 Å². The number of halogens is 1. The number of likely N-dealkylation sites (N-methyl/N-ethyl adjacent to an activating group) is 1. The summed E-state index contributed by atoms with van der Waals surface area (Å²) in [5.74, 6) is 0.256. The molecule has 0 atom stereocenters. The minimum absolute atomic E-state index is 0.285. The molecule has 0 N–H and O–H groups in total. The van der Waals surface area contributed by atoms with Gasteiger partial charge in [0.05, 0.1) is 18.4 Å². The predicted molar refractivity (Wildman–Crippen MR) is 143 cm³/mol. The molecular formula is C29H36ClN3O2. The molecule has 1 aromatic heterocycles. The number of rotatable bonds is 5. The van der Waals surface area contributed by atoms with Crippen molar-refractivity contribution >= 4 is 28.5 Å². The van der Waals surface area contributed by atoms with Crippen molar-refractivity contribution in [2.45, 2.75) is 51.1 Å². The predicted octanol–water partition coefficient (Wildman–Crippen LogP) is 6.17. The van der Waals surface area contributed by atoms with Gasteiger partial charge in [-0.05, 0) is 68.2 Å². The molecule has 1 saturated carbocycles. The van der Waals surface area contributed by atoms with Crippen LogP contribution in [0.5, 0.6) is 0 Å². The molecule has 3 aromatic rings. The average molecular weight is 494 g/mol. The summed E-state index contributed by atoms with van der Waals surface area (Å²) < 4.78 is 7.53. The highest BCUT2D eigenvalue weighted by atomic mass is 35.5. The Kier molecular flexibility index (Phi) is 7.19. The fourth-order valence-corrected chi connectivity index (χ4v) is 6.16. The molecule has 2 heterocycles. The molecule has 0 bridgehead atoms. The van der Waals surface area contributed by atoms with Crippen LogP contribution in [0.15, 0.2) is 36.4 Å². The number of benzene rings is 2. The maximum atomic E-state index is 12.4. The lowest BCUT2D eigenvalue weighted by atomic mass is 9.81. The second-order valence-electron chi connectivity index (χ2n) is 10.4. The van der Waals surface area contributed by atoms with Gasteiger partial charge in [-0.15, -0.1) is 0 Å². The van der Waals surface area contributed by atoms with Gasteiger partial charge in [0.2, 0.25) is 0 Å². The number of hydrogen-bond acceptors (Lipinski definition) is 4. The van der Waals surface area contributed by atoms with Crippen LogP contribution in [0.2, 0.25) is 5.02 Å². The Hall–Kier alpha value is -2.34. The number of ether oxygens (including phenoxy) is 1. The van der Waals surface area contributed by atoms with Gasteiger partial charge in [0, 0.05) is 54.2 Å². The number of nitrogens with zero attached hydrogens (tertiary/aromatic N) is 3. The molecule has 5 rings (SSSR count). The molecule has 1 fully saturated rings. The lowest BCUT2D eigenvalue weighted by Crippen LogP contribution is -2.35. The molecule has 1 aliphatic carbocycles. The van der Waals surface area contributed by atoms with Crippen molar-refractivity contribution < 1.29 is 9.53 Å². The van der Waals surface area contributed by atoms with Crippen molar-refractivity contribution in [1.82, 2.24) is 14.4 Å². The maximum Gasteiger partial charge on any atom is 0.337 e. The normalized spacial score (nSPS) is 17.2. The Morgan fingerprint density at radius 3 is 2.63 bits per heavy atom. The average Bonchev–Trinajstić information content (AvgIpc) is 3.17. The first kappa shape index (κ1) is 24.4. The summed E-state index contributed by atoms with van der Waals surface area (Å²) in [6.45, 7) is 4.73. The zero-order valence-corrected chi connectivity index (χ0v) is 21.9. The second kappa shape index (κ2) is 10.3. The standard InChI is InChI=1S/C29H36ClN3O2/c1-31(2)13-14-32-15-16-33-26-18-21(29(34)35-3)9-11-25(26)27(20-7-5-4-6-8-20)28(33)24-12-10-23(30)17-22(24)19-32/h9-12,17-18,20H,4-8,13-16,19H2,1-3H3. The van der Waals surface area contributed by atoms with Gasteiger partial charge in [-0.2, -0.15) is 0 Å². The second-order valence-corrected chi connectivity index (χ2v) is 10.8. The molecule has 2 aliphatic rings. The molecule has 186 valence electrons. The van der Waals surface area contributed by atoms with E-state index < -0.39 is 0 Å². The van der Waals surface area contributed by atoms with E-state index in [0.29, 0.717) is 11.5 Å². The summed E-state index contributed by atoms with van der Waals surface area (Å²) in [5, 5.41) is 2.06. The number of carbonyl (C=O) groups excluding carboxylic acids is 1. The highest BCUT2D eigenvalue weighted by Crippen LogP contribution is 2.46. The molecular weight excluding hydrogens is 458 g/mol. The van der Waals surface area contributed by atoms with Crippen molar-refractivity contribution in [2.75, 3.05) is 40.8 Å². The summed E-state index contributed by atoms with van der Waals surface area (Å²) >= 11 is 6.53. The Morgan fingerprint density at radius 1 is 1.09 bits per heavy atom. The van der Waals surface area contributed by atoms with E-state index in [1.54, 1.807) is 0 Å². The number of esters is 1. The van der Waals surface area contributed by atoms with Crippen LogP contribution in [-0.4, -0.2) is 61.2 Å². The van der Waals surface area contributed by atoms with Gasteiger partial charge < -0.3 is 14.2 Å². The molecule has 0 radical (unpaired) electrons. The van der Waals surface area contributed by atoms with Crippen LogP contribution in [0.3, 0.4) is 0 Å². The quantitative estimate of drug-likeness (QED) is 0.398. The van der Waals surface area contributed by atoms with Gasteiger partial charge >= 0.3 is 5.97 Å². The van der Waals surface area contributed by atoms with E-state index >= 15 is 0 Å². The smallest absolute Gasteiger partial charge is 0.337 e. The molecule has 6 heteroatoms. The third kappa shape index (κ3) is 4.87. The Balaban J connectivity index is 1.73. The Bertz CT molecular complexity index is 1230. The molecule has 0 amide bonds. The minimum atomic E-state index is -0.285. The minimum Gasteiger partial charge on any atom is -0.465 e. The maximum absolute atomic E-state index is 12.4. The highest BCUT2D eigenvalue weighted by Gasteiger charge is 2.29. The number of hydrogen-bond donors (Lipinski definition) is 0. The molecule has 0 saturated heterocycles. The van der Waals surface area contributed by atoms with Crippen LogP contribution in [0.4, 0.5) is 0 Å². The summed E-state index contributed by atoms with van der Waals surface area (Å²) in [5.41, 5.74) is 7.09. The van der Waals surface area contributed by atoms with E-state index in [1.165, 1.54) is 67.0 Å². The van der Waals surface area contributed by atoms with Gasteiger partial charge in [0.25, 0.3) is 0 Å². The van der Waals surface area contributed by atoms with Crippen LogP contribution in [0, 0.1) is 0 Å². The third-order valence-corrected chi connectivity index (χ3v) is 7.99. The Morgan fingerprint density at radius 2 is 1.89 bits per heavy atom. The first-order chi connectivity index (χ1) is 17.0. The van der Waals surface area contributed by atoms with E-state index in [2.05, 4.69) is 46.7 Å². The van der Waals surface area contributed by atoms with Gasteiger partial charge in [-0.3, -0.25) is 4.90 Å². The lowest BCUT2D eigenvalue weighted by Gasteiger charge is -2.30. The first-order valence-electron chi connectivity index (χ1n) is 12.9. The van der Waals surface area contributed by atoms with Crippen molar-refractivity contribution in [3.05, 3.63) is 58.1 Å². The highest BCUT2D eigenvalue weighted by molar-refractivity contribution is 6.30. The van der Waals surface area contributed by atoms with E-state index in [-0.39, 0.29) is 5.97 Å². The van der Waals surface area contributed by atoms with E-state index in [1.807, 2.05) is 18.2 Å². The van der Waals surface area contributed by atoms with Gasteiger partial charge in [-0.25, -0.2) is 4.79 Å². The number of fused-ring (bicyclic) bond motifs is 5. The van der Waals surface area contributed by atoms with Crippen molar-refractivity contribution in [3.63, 3.8) is 0 Å². The fourth-order valence-electron chi connectivity index (χ4n) is 5.97. The Labute approximate surface area is 213 Å². The summed E-state index contributed by atoms with van der Waals surface area (Å²) in [6.07, 6.45) is 6.33. The van der Waals surface area contributed by atoms with E-state index in [4.69, 9.17) is 16.3 Å². The van der Waals surface area contributed by atoms with Crippen molar-refractivity contribution in [1.29, 1.82) is 0 Å². The summed E-state index contributed by atoms with van der Waals surface area (Å²) in [6, 6.07) is 12.5. The van der Waals surface area contributed by atoms with Crippen LogP contribution in [0.1, 0.15) is 59.5 Å². The number of carbonyl (C=O) groups is 1. The van der Waals surface area contributed by atoms with Crippen LogP contribution < -0.4 is 0 Å². The first-order valence-corrected chi connectivity index (χ1v) is 13.2. The lowest BCUT2D eigenvalue weighted by molar-refractivity contribution is 0.0601.